The van der Waals surface area contributed by atoms with Crippen molar-refractivity contribution in [2.75, 3.05) is 10.8 Å². The van der Waals surface area contributed by atoms with E-state index in [0.29, 0.717) is 21.2 Å². The predicted octanol–water partition coefficient (Wildman–Crippen LogP) is 7.20. The summed E-state index contributed by atoms with van der Waals surface area (Å²) in [4.78, 5) is 30.3. The van der Waals surface area contributed by atoms with E-state index in [-0.39, 0.29) is 35.5 Å². The number of hydrogen-bond donors (Lipinski definition) is 1. The molecular formula is C36H37Cl2N3O4S. The van der Waals surface area contributed by atoms with Crippen LogP contribution in [0.4, 0.5) is 5.69 Å². The fraction of sp³-hybridized carbons (Fsp3) is 0.278. The Morgan fingerprint density at radius 3 is 2.17 bits per heavy atom. The molecule has 46 heavy (non-hydrogen) atoms. The van der Waals surface area contributed by atoms with Crippen molar-refractivity contribution >= 4 is 50.7 Å². The molecule has 0 saturated heterocycles. The Bertz CT molecular complexity index is 1760. The van der Waals surface area contributed by atoms with Crippen molar-refractivity contribution in [1.82, 2.24) is 10.2 Å². The molecule has 0 aliphatic heterocycles. The largest absolute Gasteiger partial charge is 0.352 e. The fourth-order valence-corrected chi connectivity index (χ4v) is 7.67. The number of nitrogens with zero attached hydrogens (tertiary/aromatic N) is 2. The topological polar surface area (TPSA) is 86.8 Å². The molecular weight excluding hydrogens is 641 g/mol. The summed E-state index contributed by atoms with van der Waals surface area (Å²) in [7, 11) is -4.23. The van der Waals surface area contributed by atoms with E-state index in [1.807, 2.05) is 36.4 Å². The Morgan fingerprint density at radius 2 is 1.50 bits per heavy atom. The molecule has 240 valence electrons. The van der Waals surface area contributed by atoms with Crippen LogP contribution in [-0.4, -0.2) is 43.8 Å². The van der Waals surface area contributed by atoms with Gasteiger partial charge in [0.2, 0.25) is 11.8 Å². The van der Waals surface area contributed by atoms with E-state index < -0.39 is 28.5 Å². The third-order valence-electron chi connectivity index (χ3n) is 8.32. The summed E-state index contributed by atoms with van der Waals surface area (Å²) in [5, 5.41) is 3.94. The molecule has 0 heterocycles. The van der Waals surface area contributed by atoms with Gasteiger partial charge >= 0.3 is 0 Å². The lowest BCUT2D eigenvalue weighted by Gasteiger charge is -2.35. The number of nitrogens with one attached hydrogen (secondary N) is 1. The van der Waals surface area contributed by atoms with Crippen LogP contribution in [0.15, 0.2) is 108 Å². The summed E-state index contributed by atoms with van der Waals surface area (Å²) in [5.74, 6) is -0.839. The SMILES string of the molecule is Cc1ccc(Cl)cc1N(CC(=O)N(Cc1ccccc1Cl)C(Cc1ccccc1)C(=O)NC1CCCC1)S(=O)(=O)c1ccccc1. The molecule has 4 aromatic rings. The van der Waals surface area contributed by atoms with Crippen LogP contribution in [0.3, 0.4) is 0 Å². The van der Waals surface area contributed by atoms with Crippen LogP contribution in [0.2, 0.25) is 10.0 Å². The maximum absolute atomic E-state index is 14.7. The highest BCUT2D eigenvalue weighted by Crippen LogP contribution is 2.30. The number of halogens is 2. The molecule has 1 aliphatic carbocycles. The van der Waals surface area contributed by atoms with Gasteiger partial charge < -0.3 is 10.2 Å². The molecule has 1 unspecified atom stereocenters. The maximum atomic E-state index is 14.7. The number of anilines is 1. The third-order valence-corrected chi connectivity index (χ3v) is 10.7. The van der Waals surface area contributed by atoms with Crippen LogP contribution in [0, 0.1) is 6.92 Å². The van der Waals surface area contributed by atoms with Gasteiger partial charge in [0.05, 0.1) is 10.6 Å². The van der Waals surface area contributed by atoms with E-state index >= 15 is 0 Å². The molecule has 10 heteroatoms. The van der Waals surface area contributed by atoms with Crippen LogP contribution in [0.5, 0.6) is 0 Å². The fourth-order valence-electron chi connectivity index (χ4n) is 5.82. The highest BCUT2D eigenvalue weighted by Gasteiger charge is 2.36. The van der Waals surface area contributed by atoms with Crippen molar-refractivity contribution in [3.63, 3.8) is 0 Å². The molecule has 1 N–H and O–H groups in total. The second-order valence-electron chi connectivity index (χ2n) is 11.6. The second kappa shape index (κ2) is 15.2. The number of carbonyl (C=O) groups excluding carboxylic acids is 2. The Hall–Kier alpha value is -3.85. The van der Waals surface area contributed by atoms with Gasteiger partial charge in [0.25, 0.3) is 10.0 Å². The number of aryl methyl sites for hydroxylation is 1. The molecule has 0 radical (unpaired) electrons. The normalized spacial score (nSPS) is 14.1. The summed E-state index contributed by atoms with van der Waals surface area (Å²) in [6, 6.07) is 28.6. The smallest absolute Gasteiger partial charge is 0.264 e. The summed E-state index contributed by atoms with van der Waals surface area (Å²) >= 11 is 12.9. The van der Waals surface area contributed by atoms with E-state index in [9.17, 15) is 18.0 Å². The van der Waals surface area contributed by atoms with Gasteiger partial charge in [0.1, 0.15) is 12.6 Å². The van der Waals surface area contributed by atoms with Crippen molar-refractivity contribution in [3.05, 3.63) is 130 Å². The van der Waals surface area contributed by atoms with Gasteiger partial charge in [-0.25, -0.2) is 8.42 Å². The first-order valence-electron chi connectivity index (χ1n) is 15.3. The van der Waals surface area contributed by atoms with Crippen LogP contribution >= 0.6 is 23.2 Å². The zero-order chi connectivity index (χ0) is 32.7. The van der Waals surface area contributed by atoms with Crippen molar-refractivity contribution < 1.29 is 18.0 Å². The highest BCUT2D eigenvalue weighted by molar-refractivity contribution is 7.92. The van der Waals surface area contributed by atoms with Crippen LogP contribution in [0.1, 0.15) is 42.4 Å². The zero-order valence-corrected chi connectivity index (χ0v) is 27.9. The zero-order valence-electron chi connectivity index (χ0n) is 25.6. The monoisotopic (exact) mass is 677 g/mol. The lowest BCUT2D eigenvalue weighted by molar-refractivity contribution is -0.140. The second-order valence-corrected chi connectivity index (χ2v) is 14.3. The van der Waals surface area contributed by atoms with Crippen molar-refractivity contribution in [2.45, 2.75) is 62.6 Å². The molecule has 1 fully saturated rings. The summed E-state index contributed by atoms with van der Waals surface area (Å²) in [6.45, 7) is 1.20. The van der Waals surface area contributed by atoms with Gasteiger partial charge in [-0.1, -0.05) is 109 Å². The minimum absolute atomic E-state index is 0.00183. The molecule has 1 saturated carbocycles. The van der Waals surface area contributed by atoms with Gasteiger partial charge in [-0.05, 0) is 66.8 Å². The van der Waals surface area contributed by atoms with E-state index in [0.717, 1.165) is 35.6 Å². The first-order valence-corrected chi connectivity index (χ1v) is 17.5. The van der Waals surface area contributed by atoms with Crippen molar-refractivity contribution in [1.29, 1.82) is 0 Å². The molecule has 7 nitrogen and oxygen atoms in total. The lowest BCUT2D eigenvalue weighted by atomic mass is 10.0. The number of sulfonamides is 1. The summed E-state index contributed by atoms with van der Waals surface area (Å²) in [5.41, 5.74) is 2.40. The molecule has 4 aromatic carbocycles. The Morgan fingerprint density at radius 1 is 0.870 bits per heavy atom. The minimum atomic E-state index is -4.23. The molecule has 1 aliphatic rings. The first-order chi connectivity index (χ1) is 22.1. The molecule has 0 aromatic heterocycles. The van der Waals surface area contributed by atoms with Crippen LogP contribution in [-0.2, 0) is 32.6 Å². The molecule has 0 bridgehead atoms. The van der Waals surface area contributed by atoms with E-state index in [1.165, 1.54) is 23.1 Å². The molecule has 0 spiro atoms. The van der Waals surface area contributed by atoms with Gasteiger partial charge in [-0.3, -0.25) is 13.9 Å². The number of hydrogen-bond acceptors (Lipinski definition) is 4. The number of benzene rings is 4. The summed E-state index contributed by atoms with van der Waals surface area (Å²) in [6.07, 6.45) is 4.04. The highest BCUT2D eigenvalue weighted by atomic mass is 35.5. The van der Waals surface area contributed by atoms with Crippen molar-refractivity contribution in [3.8, 4) is 0 Å². The van der Waals surface area contributed by atoms with E-state index in [2.05, 4.69) is 5.32 Å². The maximum Gasteiger partial charge on any atom is 0.264 e. The van der Waals surface area contributed by atoms with E-state index in [4.69, 9.17) is 23.2 Å². The Kier molecular flexibility index (Phi) is 11.0. The quantitative estimate of drug-likeness (QED) is 0.172. The van der Waals surface area contributed by atoms with E-state index in [1.54, 1.807) is 55.5 Å². The summed E-state index contributed by atoms with van der Waals surface area (Å²) < 4.78 is 29.5. The molecule has 2 amide bonds. The molecule has 1 atom stereocenters. The average Bonchev–Trinajstić information content (AvgIpc) is 3.57. The van der Waals surface area contributed by atoms with Gasteiger partial charge in [-0.15, -0.1) is 0 Å². The van der Waals surface area contributed by atoms with Crippen molar-refractivity contribution in [2.24, 2.45) is 0 Å². The first kappa shape index (κ1) is 33.5. The average molecular weight is 679 g/mol. The number of amides is 2. The van der Waals surface area contributed by atoms with Gasteiger partial charge in [0.15, 0.2) is 0 Å². The molecule has 5 rings (SSSR count). The predicted molar refractivity (Wildman–Crippen MR) is 183 cm³/mol. The number of rotatable bonds is 12. The minimum Gasteiger partial charge on any atom is -0.352 e. The number of carbonyl (C=O) groups is 2. The lowest BCUT2D eigenvalue weighted by Crippen LogP contribution is -2.54. The Balaban J connectivity index is 1.59. The van der Waals surface area contributed by atoms with Gasteiger partial charge in [-0.2, -0.15) is 0 Å². The standard InChI is InChI=1S/C36H37Cl2N3O4S/c1-26-20-21-29(37)23-33(26)41(46(44,45)31-17-6-3-7-18-31)25-35(42)40(24-28-14-8-11-19-32(28)38)34(22-27-12-4-2-5-13-27)36(43)39-30-15-9-10-16-30/h2-8,11-14,17-21,23,30,34H,9-10,15-16,22,24-25H2,1H3,(H,39,43). The Labute approximate surface area is 281 Å². The third kappa shape index (κ3) is 8.10. The van der Waals surface area contributed by atoms with Crippen LogP contribution in [0.25, 0.3) is 0 Å². The van der Waals surface area contributed by atoms with Crippen LogP contribution < -0.4 is 9.62 Å². The van der Waals surface area contributed by atoms with Gasteiger partial charge in [0, 0.05) is 29.1 Å².